The minimum absolute atomic E-state index is 0.0133. The lowest BCUT2D eigenvalue weighted by molar-refractivity contribution is -0.123. The van der Waals surface area contributed by atoms with Gasteiger partial charge in [-0.05, 0) is 24.6 Å². The number of nitrogens with one attached hydrogen (secondary N) is 1. The molecule has 3 aromatic rings. The maximum absolute atomic E-state index is 14.1. The first-order valence-corrected chi connectivity index (χ1v) is 9.01. The monoisotopic (exact) mass is 353 g/mol. The zero-order valence-corrected chi connectivity index (χ0v) is 15.2. The summed E-state index contributed by atoms with van der Waals surface area (Å²) in [6.07, 6.45) is 1.51. The molecule has 4 nitrogen and oxygen atoms in total. The number of benzene rings is 2. The van der Waals surface area contributed by atoms with Gasteiger partial charge in [-0.2, -0.15) is 0 Å². The molecular formula is C21H24FN3O. The van der Waals surface area contributed by atoms with Gasteiger partial charge in [0.15, 0.2) is 0 Å². The lowest BCUT2D eigenvalue weighted by atomic mass is 10.2. The van der Waals surface area contributed by atoms with Crippen LogP contribution in [0.15, 0.2) is 48.5 Å². The van der Waals surface area contributed by atoms with Crippen LogP contribution in [0.3, 0.4) is 0 Å². The quantitative estimate of drug-likeness (QED) is 0.654. The predicted molar refractivity (Wildman–Crippen MR) is 101 cm³/mol. The highest BCUT2D eigenvalue weighted by Gasteiger charge is 2.13. The summed E-state index contributed by atoms with van der Waals surface area (Å²) in [7, 11) is 0. The highest BCUT2D eigenvalue weighted by molar-refractivity contribution is 5.77. The molecule has 0 spiro atoms. The van der Waals surface area contributed by atoms with E-state index in [2.05, 4.69) is 9.88 Å². The summed E-state index contributed by atoms with van der Waals surface area (Å²) < 4.78 is 16.2. The minimum atomic E-state index is -0.208. The van der Waals surface area contributed by atoms with Gasteiger partial charge in [-0.15, -0.1) is 0 Å². The van der Waals surface area contributed by atoms with Crippen molar-refractivity contribution in [3.05, 3.63) is 65.7 Å². The molecule has 0 aliphatic rings. The Hall–Kier alpha value is -2.69. The van der Waals surface area contributed by atoms with Crippen molar-refractivity contribution in [2.24, 2.45) is 5.92 Å². The van der Waals surface area contributed by atoms with Gasteiger partial charge in [0.05, 0.1) is 17.6 Å². The molecule has 0 aliphatic heterocycles. The van der Waals surface area contributed by atoms with Crippen LogP contribution < -0.4 is 5.32 Å². The molecule has 1 heterocycles. The van der Waals surface area contributed by atoms with Crippen molar-refractivity contribution in [2.75, 3.05) is 6.54 Å². The third-order valence-corrected chi connectivity index (χ3v) is 4.42. The molecule has 1 amide bonds. The van der Waals surface area contributed by atoms with E-state index in [1.165, 1.54) is 6.07 Å². The summed E-state index contributed by atoms with van der Waals surface area (Å²) in [6, 6.07) is 14.7. The van der Waals surface area contributed by atoms with E-state index in [4.69, 9.17) is 4.98 Å². The van der Waals surface area contributed by atoms with Crippen molar-refractivity contribution < 1.29 is 9.18 Å². The van der Waals surface area contributed by atoms with Gasteiger partial charge >= 0.3 is 0 Å². The molecule has 0 fully saturated rings. The lowest BCUT2D eigenvalue weighted by Crippen LogP contribution is -2.28. The largest absolute Gasteiger partial charge is 0.356 e. The number of carbonyl (C=O) groups excluding carboxylic acids is 1. The van der Waals surface area contributed by atoms with E-state index in [-0.39, 0.29) is 17.6 Å². The Balaban J connectivity index is 1.79. The fourth-order valence-corrected chi connectivity index (χ4v) is 2.95. The van der Waals surface area contributed by atoms with E-state index in [1.54, 1.807) is 12.1 Å². The third kappa shape index (κ3) is 4.10. The first-order chi connectivity index (χ1) is 12.6. The Morgan fingerprint density at radius 3 is 2.65 bits per heavy atom. The van der Waals surface area contributed by atoms with E-state index in [0.29, 0.717) is 18.7 Å². The second-order valence-corrected chi connectivity index (χ2v) is 6.74. The number of aromatic nitrogens is 2. The van der Waals surface area contributed by atoms with Crippen molar-refractivity contribution in [2.45, 2.75) is 33.2 Å². The molecular weight excluding hydrogens is 329 g/mol. The standard InChI is InChI=1S/C21H24FN3O/c1-15(2)21(26)23-13-7-12-20-24-18-10-5-6-11-19(18)25(20)14-16-8-3-4-9-17(16)22/h3-6,8-11,15H,7,12-14H2,1-2H3,(H,23,26). The minimum Gasteiger partial charge on any atom is -0.356 e. The molecule has 0 atom stereocenters. The molecule has 26 heavy (non-hydrogen) atoms. The molecule has 1 aromatic heterocycles. The Kier molecular flexibility index (Phi) is 5.66. The first-order valence-electron chi connectivity index (χ1n) is 9.01. The fourth-order valence-electron chi connectivity index (χ4n) is 2.95. The van der Waals surface area contributed by atoms with Gasteiger partial charge in [-0.3, -0.25) is 4.79 Å². The van der Waals surface area contributed by atoms with E-state index >= 15 is 0 Å². The van der Waals surface area contributed by atoms with Gasteiger partial charge in [0, 0.05) is 24.4 Å². The molecule has 1 N–H and O–H groups in total. The first kappa shape index (κ1) is 18.1. The van der Waals surface area contributed by atoms with Gasteiger partial charge in [-0.25, -0.2) is 9.37 Å². The van der Waals surface area contributed by atoms with Gasteiger partial charge < -0.3 is 9.88 Å². The van der Waals surface area contributed by atoms with E-state index in [9.17, 15) is 9.18 Å². The van der Waals surface area contributed by atoms with Gasteiger partial charge in [0.25, 0.3) is 0 Å². The van der Waals surface area contributed by atoms with Crippen LogP contribution in [-0.2, 0) is 17.8 Å². The second-order valence-electron chi connectivity index (χ2n) is 6.74. The van der Waals surface area contributed by atoms with E-state index in [1.807, 2.05) is 44.2 Å². The number of hydrogen-bond acceptors (Lipinski definition) is 2. The smallest absolute Gasteiger partial charge is 0.222 e. The van der Waals surface area contributed by atoms with Crippen LogP contribution in [0.25, 0.3) is 11.0 Å². The molecule has 3 rings (SSSR count). The van der Waals surface area contributed by atoms with Gasteiger partial charge in [0.1, 0.15) is 11.6 Å². The van der Waals surface area contributed by atoms with Crippen LogP contribution in [0.2, 0.25) is 0 Å². The highest BCUT2D eigenvalue weighted by Crippen LogP contribution is 2.20. The summed E-state index contributed by atoms with van der Waals surface area (Å²) in [5.41, 5.74) is 2.55. The van der Waals surface area contributed by atoms with Crippen LogP contribution >= 0.6 is 0 Å². The number of para-hydroxylation sites is 2. The zero-order chi connectivity index (χ0) is 18.5. The Labute approximate surface area is 153 Å². The third-order valence-electron chi connectivity index (χ3n) is 4.42. The number of hydrogen-bond donors (Lipinski definition) is 1. The van der Waals surface area contributed by atoms with Crippen LogP contribution in [0.5, 0.6) is 0 Å². The second kappa shape index (κ2) is 8.13. The lowest BCUT2D eigenvalue weighted by Gasteiger charge is -2.11. The number of fused-ring (bicyclic) bond motifs is 1. The van der Waals surface area contributed by atoms with Crippen molar-refractivity contribution in [3.8, 4) is 0 Å². The van der Waals surface area contributed by atoms with Crippen molar-refractivity contribution in [3.63, 3.8) is 0 Å². The number of halogens is 1. The Morgan fingerprint density at radius 1 is 1.15 bits per heavy atom. The normalized spacial score (nSPS) is 11.2. The Morgan fingerprint density at radius 2 is 1.88 bits per heavy atom. The number of rotatable bonds is 7. The molecule has 0 saturated carbocycles. The maximum atomic E-state index is 14.1. The van der Waals surface area contributed by atoms with Crippen LogP contribution in [-0.4, -0.2) is 22.0 Å². The Bertz CT molecular complexity index is 901. The molecule has 0 unspecified atom stereocenters. The summed E-state index contributed by atoms with van der Waals surface area (Å²) in [5, 5.41) is 2.93. The zero-order valence-electron chi connectivity index (χ0n) is 15.2. The molecule has 0 saturated heterocycles. The number of imidazole rings is 1. The summed E-state index contributed by atoms with van der Waals surface area (Å²) in [5.74, 6) is 0.749. The molecule has 136 valence electrons. The summed E-state index contributed by atoms with van der Waals surface area (Å²) >= 11 is 0. The summed E-state index contributed by atoms with van der Waals surface area (Å²) in [6.45, 7) is 4.81. The predicted octanol–water partition coefficient (Wildman–Crippen LogP) is 3.93. The van der Waals surface area contributed by atoms with E-state index in [0.717, 1.165) is 29.7 Å². The van der Waals surface area contributed by atoms with Crippen LogP contribution in [0.1, 0.15) is 31.7 Å². The van der Waals surface area contributed by atoms with Crippen molar-refractivity contribution in [1.29, 1.82) is 0 Å². The molecule has 2 aromatic carbocycles. The topological polar surface area (TPSA) is 46.9 Å². The van der Waals surface area contributed by atoms with Gasteiger partial charge in [0.2, 0.25) is 5.91 Å². The number of carbonyl (C=O) groups is 1. The fraction of sp³-hybridized carbons (Fsp3) is 0.333. The average molecular weight is 353 g/mol. The highest BCUT2D eigenvalue weighted by atomic mass is 19.1. The molecule has 0 aliphatic carbocycles. The molecule has 5 heteroatoms. The van der Waals surface area contributed by atoms with E-state index < -0.39 is 0 Å². The number of amides is 1. The molecule has 0 radical (unpaired) electrons. The molecule has 0 bridgehead atoms. The van der Waals surface area contributed by atoms with Crippen LogP contribution in [0.4, 0.5) is 4.39 Å². The number of nitrogens with zero attached hydrogens (tertiary/aromatic N) is 2. The average Bonchev–Trinajstić information content (AvgIpc) is 2.98. The van der Waals surface area contributed by atoms with Gasteiger partial charge in [-0.1, -0.05) is 44.2 Å². The number of aryl methyl sites for hydroxylation is 1. The van der Waals surface area contributed by atoms with Crippen molar-refractivity contribution >= 4 is 16.9 Å². The SMILES string of the molecule is CC(C)C(=O)NCCCc1nc2ccccc2n1Cc1ccccc1F. The van der Waals surface area contributed by atoms with Crippen LogP contribution in [0, 0.1) is 11.7 Å². The van der Waals surface area contributed by atoms with Crippen molar-refractivity contribution in [1.82, 2.24) is 14.9 Å². The summed E-state index contributed by atoms with van der Waals surface area (Å²) in [4.78, 5) is 16.4. The maximum Gasteiger partial charge on any atom is 0.222 e.